The maximum Gasteiger partial charge on any atom is 0.306 e. The van der Waals surface area contributed by atoms with Gasteiger partial charge in [-0.3, -0.25) is 9.69 Å². The van der Waals surface area contributed by atoms with Gasteiger partial charge < -0.3 is 5.11 Å². The summed E-state index contributed by atoms with van der Waals surface area (Å²) in [5, 5.41) is 9.05. The van der Waals surface area contributed by atoms with Gasteiger partial charge in [-0.2, -0.15) is 0 Å². The van der Waals surface area contributed by atoms with Crippen molar-refractivity contribution in [1.29, 1.82) is 0 Å². The fourth-order valence-corrected chi connectivity index (χ4v) is 3.00. The van der Waals surface area contributed by atoms with Crippen LogP contribution in [0.25, 0.3) is 0 Å². The molecule has 1 aliphatic heterocycles. The highest BCUT2D eigenvalue weighted by Gasteiger charge is 2.32. The summed E-state index contributed by atoms with van der Waals surface area (Å²) in [6.45, 7) is 4.48. The van der Waals surface area contributed by atoms with Gasteiger partial charge in [-0.1, -0.05) is 0 Å². The third kappa shape index (κ3) is 3.15. The molecule has 1 aliphatic rings. The minimum atomic E-state index is -0.763. The highest BCUT2D eigenvalue weighted by Crippen LogP contribution is 2.31. The van der Waals surface area contributed by atoms with Gasteiger partial charge in [0.2, 0.25) is 0 Å². The topological polar surface area (TPSA) is 40.5 Å². The van der Waals surface area contributed by atoms with Gasteiger partial charge in [0.25, 0.3) is 0 Å². The first-order valence-corrected chi connectivity index (χ1v) is 6.83. The van der Waals surface area contributed by atoms with Gasteiger partial charge in [0, 0.05) is 18.2 Å². The van der Waals surface area contributed by atoms with Gasteiger partial charge in [-0.25, -0.2) is 8.78 Å². The molecule has 0 bridgehead atoms. The van der Waals surface area contributed by atoms with Crippen LogP contribution in [-0.2, 0) is 4.79 Å². The molecule has 3 nitrogen and oxygen atoms in total. The second-order valence-electron chi connectivity index (χ2n) is 5.53. The summed E-state index contributed by atoms with van der Waals surface area (Å²) in [6, 6.07) is 3.47. The van der Waals surface area contributed by atoms with Gasteiger partial charge in [0.15, 0.2) is 0 Å². The molecule has 2 rings (SSSR count). The quantitative estimate of drug-likeness (QED) is 0.926. The molecule has 20 heavy (non-hydrogen) atoms. The molecule has 1 N–H and O–H groups in total. The summed E-state index contributed by atoms with van der Waals surface area (Å²) < 4.78 is 26.6. The summed E-state index contributed by atoms with van der Waals surface area (Å²) in [4.78, 5) is 13.1. The van der Waals surface area contributed by atoms with E-state index in [1.165, 1.54) is 12.1 Å². The molecule has 0 aromatic heterocycles. The van der Waals surface area contributed by atoms with Gasteiger partial charge in [-0.05, 0) is 50.9 Å². The van der Waals surface area contributed by atoms with E-state index in [1.54, 1.807) is 0 Å². The monoisotopic (exact) mass is 283 g/mol. The number of benzene rings is 1. The minimum Gasteiger partial charge on any atom is -0.481 e. The number of carbonyl (C=O) groups is 1. The van der Waals surface area contributed by atoms with Crippen LogP contribution < -0.4 is 0 Å². The first-order chi connectivity index (χ1) is 9.38. The third-order valence-electron chi connectivity index (χ3n) is 4.14. The predicted molar refractivity (Wildman–Crippen MR) is 71.3 cm³/mol. The number of halogens is 2. The van der Waals surface area contributed by atoms with Crippen molar-refractivity contribution >= 4 is 5.97 Å². The van der Waals surface area contributed by atoms with Crippen LogP contribution in [0.2, 0.25) is 0 Å². The maximum absolute atomic E-state index is 13.3. The van der Waals surface area contributed by atoms with E-state index in [0.29, 0.717) is 24.9 Å². The molecule has 0 aliphatic carbocycles. The van der Waals surface area contributed by atoms with Crippen molar-refractivity contribution in [2.45, 2.75) is 38.8 Å². The smallest absolute Gasteiger partial charge is 0.306 e. The van der Waals surface area contributed by atoms with Crippen LogP contribution in [-0.4, -0.2) is 28.6 Å². The number of aliphatic carboxylic acids is 1. The first kappa shape index (κ1) is 14.9. The lowest BCUT2D eigenvalue weighted by atomic mass is 9.89. The number of piperidine rings is 1. The molecule has 3 unspecified atom stereocenters. The number of nitrogens with zero attached hydrogens (tertiary/aromatic N) is 1. The fourth-order valence-electron chi connectivity index (χ4n) is 3.00. The van der Waals surface area contributed by atoms with E-state index in [2.05, 4.69) is 4.90 Å². The lowest BCUT2D eigenvalue weighted by Gasteiger charge is -2.40. The normalized spacial score (nSPS) is 25.4. The Balaban J connectivity index is 2.13. The van der Waals surface area contributed by atoms with Crippen molar-refractivity contribution in [3.8, 4) is 0 Å². The van der Waals surface area contributed by atoms with Gasteiger partial charge >= 0.3 is 5.97 Å². The Labute approximate surface area is 117 Å². The molecule has 1 aromatic carbocycles. The van der Waals surface area contributed by atoms with Crippen LogP contribution in [0.1, 0.15) is 38.3 Å². The lowest BCUT2D eigenvalue weighted by Crippen LogP contribution is -2.43. The van der Waals surface area contributed by atoms with Gasteiger partial charge in [0.05, 0.1) is 5.92 Å². The number of rotatable bonds is 3. The van der Waals surface area contributed by atoms with Gasteiger partial charge in [-0.15, -0.1) is 0 Å². The zero-order valence-corrected chi connectivity index (χ0v) is 11.6. The van der Waals surface area contributed by atoms with E-state index < -0.39 is 17.6 Å². The number of likely N-dealkylation sites (tertiary alicyclic amines) is 1. The van der Waals surface area contributed by atoms with Crippen LogP contribution in [0.5, 0.6) is 0 Å². The van der Waals surface area contributed by atoms with Crippen molar-refractivity contribution in [1.82, 2.24) is 4.90 Å². The highest BCUT2D eigenvalue weighted by atomic mass is 19.1. The molecule has 0 amide bonds. The fraction of sp³-hybridized carbons (Fsp3) is 0.533. The van der Waals surface area contributed by atoms with Crippen LogP contribution in [0, 0.1) is 17.6 Å². The van der Waals surface area contributed by atoms with Crippen LogP contribution in [0.15, 0.2) is 18.2 Å². The molecule has 1 heterocycles. The third-order valence-corrected chi connectivity index (χ3v) is 4.14. The zero-order chi connectivity index (χ0) is 14.9. The Morgan fingerprint density at radius 1 is 1.35 bits per heavy atom. The summed E-state index contributed by atoms with van der Waals surface area (Å²) in [5.74, 6) is -2.25. The van der Waals surface area contributed by atoms with Crippen molar-refractivity contribution in [3.63, 3.8) is 0 Å². The van der Waals surface area contributed by atoms with Gasteiger partial charge in [0.1, 0.15) is 11.6 Å². The van der Waals surface area contributed by atoms with E-state index in [4.69, 9.17) is 5.11 Å². The van der Waals surface area contributed by atoms with Crippen molar-refractivity contribution in [2.24, 2.45) is 5.92 Å². The van der Waals surface area contributed by atoms with E-state index in [1.807, 2.05) is 13.8 Å². The lowest BCUT2D eigenvalue weighted by molar-refractivity contribution is -0.144. The molecular weight excluding hydrogens is 264 g/mol. The molecule has 0 saturated carbocycles. The van der Waals surface area contributed by atoms with Crippen LogP contribution in [0.4, 0.5) is 8.78 Å². The highest BCUT2D eigenvalue weighted by molar-refractivity contribution is 5.70. The second kappa shape index (κ2) is 5.87. The zero-order valence-electron chi connectivity index (χ0n) is 11.6. The summed E-state index contributed by atoms with van der Waals surface area (Å²) in [7, 11) is 0. The molecule has 1 aromatic rings. The summed E-state index contributed by atoms with van der Waals surface area (Å²) >= 11 is 0. The first-order valence-electron chi connectivity index (χ1n) is 6.83. The largest absolute Gasteiger partial charge is 0.481 e. The average Bonchev–Trinajstić information content (AvgIpc) is 2.36. The molecular formula is C15H19F2NO2. The summed E-state index contributed by atoms with van der Waals surface area (Å²) in [6.07, 6.45) is 1.14. The number of carboxylic acid groups (broad SMARTS) is 1. The molecule has 110 valence electrons. The van der Waals surface area contributed by atoms with Crippen LogP contribution in [0.3, 0.4) is 0 Å². The number of hydrogen-bond acceptors (Lipinski definition) is 2. The molecule has 3 atom stereocenters. The Kier molecular flexibility index (Phi) is 4.38. The molecule has 1 saturated heterocycles. The maximum atomic E-state index is 13.3. The average molecular weight is 283 g/mol. The summed E-state index contributed by atoms with van der Waals surface area (Å²) in [5.41, 5.74) is 0.586. The number of hydrogen-bond donors (Lipinski definition) is 1. The van der Waals surface area contributed by atoms with Crippen molar-refractivity contribution in [2.75, 3.05) is 6.54 Å². The van der Waals surface area contributed by atoms with Crippen molar-refractivity contribution < 1.29 is 18.7 Å². The Hall–Kier alpha value is -1.49. The van der Waals surface area contributed by atoms with E-state index >= 15 is 0 Å². The molecule has 0 spiro atoms. The molecule has 5 heteroatoms. The van der Waals surface area contributed by atoms with E-state index in [0.717, 1.165) is 6.07 Å². The standard InChI is InChI=1S/C15H19F2NO2/c1-9-5-11(15(19)20)3-4-18(9)10(2)12-6-13(16)8-14(17)7-12/h6-11H,3-5H2,1-2H3,(H,19,20). The van der Waals surface area contributed by atoms with E-state index in [9.17, 15) is 13.6 Å². The van der Waals surface area contributed by atoms with E-state index in [-0.39, 0.29) is 18.0 Å². The Bertz CT molecular complexity index is 486. The second-order valence-corrected chi connectivity index (χ2v) is 5.53. The molecule has 0 radical (unpaired) electrons. The Morgan fingerprint density at radius 2 is 1.95 bits per heavy atom. The minimum absolute atomic E-state index is 0.0752. The molecule has 1 fully saturated rings. The van der Waals surface area contributed by atoms with Crippen LogP contribution >= 0.6 is 0 Å². The predicted octanol–water partition coefficient (Wildman–Crippen LogP) is 3.21. The Morgan fingerprint density at radius 3 is 2.45 bits per heavy atom. The van der Waals surface area contributed by atoms with Crippen molar-refractivity contribution in [3.05, 3.63) is 35.4 Å². The number of carboxylic acids is 1. The SMILES string of the molecule is CC1CC(C(=O)O)CCN1C(C)c1cc(F)cc(F)c1.